The van der Waals surface area contributed by atoms with Gasteiger partial charge in [0.1, 0.15) is 5.82 Å². The van der Waals surface area contributed by atoms with Gasteiger partial charge in [0.15, 0.2) is 5.11 Å². The fourth-order valence-electron chi connectivity index (χ4n) is 4.29. The summed E-state index contributed by atoms with van der Waals surface area (Å²) in [6.45, 7) is 8.14. The first kappa shape index (κ1) is 22.9. The molecule has 0 aliphatic carbocycles. The lowest BCUT2D eigenvalue weighted by atomic mass is 9.92. The lowest BCUT2D eigenvalue weighted by Gasteiger charge is -2.37. The smallest absolute Gasteiger partial charge is 0.258 e. The zero-order valence-electron chi connectivity index (χ0n) is 20.0. The first-order chi connectivity index (χ1) is 16.8. The van der Waals surface area contributed by atoms with E-state index in [1.807, 2.05) is 44.2 Å². The predicted molar refractivity (Wildman–Crippen MR) is 140 cm³/mol. The highest BCUT2D eigenvalue weighted by molar-refractivity contribution is 7.80. The van der Waals surface area contributed by atoms with Crippen molar-refractivity contribution in [3.63, 3.8) is 0 Å². The summed E-state index contributed by atoms with van der Waals surface area (Å²) in [7, 11) is 0. The van der Waals surface area contributed by atoms with Gasteiger partial charge in [0, 0.05) is 11.3 Å². The molecule has 1 N–H and O–H groups in total. The summed E-state index contributed by atoms with van der Waals surface area (Å²) in [5.41, 5.74) is 7.63. The van der Waals surface area contributed by atoms with Gasteiger partial charge in [-0.1, -0.05) is 59.3 Å². The lowest BCUT2D eigenvalue weighted by molar-refractivity contribution is 0.404. The fourth-order valence-corrected chi connectivity index (χ4v) is 4.65. The van der Waals surface area contributed by atoms with E-state index in [1.54, 1.807) is 11.0 Å². The number of hydrogen-bond acceptors (Lipinski definition) is 4. The number of benzene rings is 3. The molecule has 176 valence electrons. The molecule has 1 aliphatic heterocycles. The summed E-state index contributed by atoms with van der Waals surface area (Å²) in [5, 5.41) is 8.16. The number of aryl methyl sites for hydroxylation is 3. The number of hydrogen-bond donors (Lipinski definition) is 1. The van der Waals surface area contributed by atoms with Crippen LogP contribution in [0.1, 0.15) is 41.1 Å². The highest BCUT2D eigenvalue weighted by atomic mass is 32.1. The van der Waals surface area contributed by atoms with E-state index < -0.39 is 0 Å². The van der Waals surface area contributed by atoms with Crippen molar-refractivity contribution in [3.05, 3.63) is 106 Å². The van der Waals surface area contributed by atoms with Crippen LogP contribution in [0.4, 0.5) is 10.1 Å². The molecule has 1 aromatic heterocycles. The molecule has 0 spiro atoms. The Balaban J connectivity index is 1.67. The Hall–Kier alpha value is -3.84. The van der Waals surface area contributed by atoms with Crippen LogP contribution in [0.2, 0.25) is 0 Å². The van der Waals surface area contributed by atoms with Gasteiger partial charge in [-0.15, -0.1) is 0 Å². The minimum atomic E-state index is -0.338. The minimum Gasteiger partial charge on any atom is -0.351 e. The van der Waals surface area contributed by atoms with Gasteiger partial charge in [0.25, 0.3) is 5.89 Å². The normalized spacial score (nSPS) is 16.0. The van der Waals surface area contributed by atoms with Crippen molar-refractivity contribution in [2.75, 3.05) is 4.90 Å². The molecule has 1 unspecified atom stereocenters. The summed E-state index contributed by atoms with van der Waals surface area (Å²) < 4.78 is 19.9. The van der Waals surface area contributed by atoms with Crippen LogP contribution >= 0.6 is 12.2 Å². The predicted octanol–water partition coefficient (Wildman–Crippen LogP) is 6.67. The number of aromatic nitrogens is 2. The summed E-state index contributed by atoms with van der Waals surface area (Å²) in [5.74, 6) is 0.553. The van der Waals surface area contributed by atoms with Crippen LogP contribution in [0.3, 0.4) is 0 Å². The molecule has 1 atom stereocenters. The van der Waals surface area contributed by atoms with Crippen molar-refractivity contribution >= 4 is 28.6 Å². The SMILES string of the molecule is CC1=C(c2nc(-c3ccc(C)cc3)no2)C(c2ccc(C)c(C)c2)NC(=S)N1c1cccc(F)c1. The highest BCUT2D eigenvalue weighted by Crippen LogP contribution is 2.39. The molecular formula is C28H25FN4OS. The maximum atomic E-state index is 14.1. The van der Waals surface area contributed by atoms with Crippen molar-refractivity contribution in [2.24, 2.45) is 0 Å². The van der Waals surface area contributed by atoms with Gasteiger partial charge < -0.3 is 9.84 Å². The number of nitrogens with zero attached hydrogens (tertiary/aromatic N) is 3. The van der Waals surface area contributed by atoms with E-state index >= 15 is 0 Å². The molecule has 0 saturated carbocycles. The van der Waals surface area contributed by atoms with Gasteiger partial charge in [-0.2, -0.15) is 4.98 Å². The molecule has 0 amide bonds. The van der Waals surface area contributed by atoms with E-state index in [4.69, 9.17) is 21.7 Å². The van der Waals surface area contributed by atoms with Gasteiger partial charge in [0.2, 0.25) is 5.82 Å². The van der Waals surface area contributed by atoms with Gasteiger partial charge in [-0.05, 0) is 74.8 Å². The van der Waals surface area contributed by atoms with Crippen LogP contribution in [-0.4, -0.2) is 15.3 Å². The van der Waals surface area contributed by atoms with Crippen molar-refractivity contribution in [3.8, 4) is 11.4 Å². The Morgan fingerprint density at radius 3 is 2.43 bits per heavy atom. The molecule has 4 aromatic rings. The first-order valence-corrected chi connectivity index (χ1v) is 11.8. The Labute approximate surface area is 209 Å². The number of nitrogens with one attached hydrogen (secondary N) is 1. The van der Waals surface area contributed by atoms with Gasteiger partial charge in [0.05, 0.1) is 17.3 Å². The molecule has 2 heterocycles. The minimum absolute atomic E-state index is 0.307. The average Bonchev–Trinajstić information content (AvgIpc) is 3.31. The van der Waals surface area contributed by atoms with Crippen LogP contribution in [0.5, 0.6) is 0 Å². The molecule has 5 nitrogen and oxygen atoms in total. The second-order valence-corrected chi connectivity index (χ2v) is 9.22. The number of thiocarbonyl (C=S) groups is 1. The van der Waals surface area contributed by atoms with Gasteiger partial charge in [-0.25, -0.2) is 4.39 Å². The Bertz CT molecular complexity index is 1460. The molecule has 0 fully saturated rings. The largest absolute Gasteiger partial charge is 0.351 e. The van der Waals surface area contributed by atoms with Crippen LogP contribution in [0.15, 0.2) is 77.0 Å². The first-order valence-electron chi connectivity index (χ1n) is 11.4. The summed E-state index contributed by atoms with van der Waals surface area (Å²) in [4.78, 5) is 6.56. The van der Waals surface area contributed by atoms with Crippen LogP contribution < -0.4 is 10.2 Å². The third-order valence-corrected chi connectivity index (χ3v) is 6.68. The number of halogens is 1. The number of rotatable bonds is 4. The molecule has 7 heteroatoms. The van der Waals surface area contributed by atoms with Gasteiger partial charge in [-0.3, -0.25) is 4.90 Å². The molecule has 0 radical (unpaired) electrons. The molecule has 1 aliphatic rings. The van der Waals surface area contributed by atoms with E-state index in [2.05, 4.69) is 42.5 Å². The maximum Gasteiger partial charge on any atom is 0.258 e. The van der Waals surface area contributed by atoms with Crippen LogP contribution in [0.25, 0.3) is 17.0 Å². The standard InChI is InChI=1S/C28H25FN4OS/c1-16-8-11-20(12-9-16)26-31-27(34-32-26)24-19(4)33(23-7-5-6-22(29)15-23)28(35)30-25(24)21-13-10-17(2)18(3)14-21/h5-15,25H,1-4H3,(H,30,35). The highest BCUT2D eigenvalue weighted by Gasteiger charge is 2.35. The zero-order chi connectivity index (χ0) is 24.7. The topological polar surface area (TPSA) is 54.2 Å². The fraction of sp³-hybridized carbons (Fsp3) is 0.179. The zero-order valence-corrected chi connectivity index (χ0v) is 20.8. The second-order valence-electron chi connectivity index (χ2n) is 8.83. The van der Waals surface area contributed by atoms with Crippen molar-refractivity contribution in [1.29, 1.82) is 0 Å². The maximum absolute atomic E-state index is 14.1. The van der Waals surface area contributed by atoms with Crippen molar-refractivity contribution in [1.82, 2.24) is 15.5 Å². The molecule has 5 rings (SSSR count). The Morgan fingerprint density at radius 2 is 1.71 bits per heavy atom. The monoisotopic (exact) mass is 484 g/mol. The van der Waals surface area contributed by atoms with E-state index in [1.165, 1.54) is 23.3 Å². The van der Waals surface area contributed by atoms with Crippen molar-refractivity contribution in [2.45, 2.75) is 33.7 Å². The van der Waals surface area contributed by atoms with Gasteiger partial charge >= 0.3 is 0 Å². The summed E-state index contributed by atoms with van der Waals surface area (Å²) in [6.07, 6.45) is 0. The summed E-state index contributed by atoms with van der Waals surface area (Å²) >= 11 is 5.75. The second kappa shape index (κ2) is 9.07. The molecule has 0 bridgehead atoms. The van der Waals surface area contributed by atoms with E-state index in [-0.39, 0.29) is 11.9 Å². The lowest BCUT2D eigenvalue weighted by Crippen LogP contribution is -2.46. The third kappa shape index (κ3) is 4.35. The van der Waals surface area contributed by atoms with E-state index in [9.17, 15) is 4.39 Å². The van der Waals surface area contributed by atoms with Crippen molar-refractivity contribution < 1.29 is 8.91 Å². The van der Waals surface area contributed by atoms with Crippen LogP contribution in [0, 0.1) is 26.6 Å². The van der Waals surface area contributed by atoms with Crippen LogP contribution in [-0.2, 0) is 0 Å². The molecule has 35 heavy (non-hydrogen) atoms. The molecule has 0 saturated heterocycles. The Morgan fingerprint density at radius 1 is 0.943 bits per heavy atom. The molecular weight excluding hydrogens is 459 g/mol. The number of anilines is 1. The van der Waals surface area contributed by atoms with E-state index in [0.717, 1.165) is 28.0 Å². The average molecular weight is 485 g/mol. The van der Waals surface area contributed by atoms with E-state index in [0.29, 0.717) is 22.5 Å². The molecule has 3 aromatic carbocycles. The summed E-state index contributed by atoms with van der Waals surface area (Å²) in [6, 6.07) is 20.3. The Kier molecular flexibility index (Phi) is 5.94. The number of allylic oxidation sites excluding steroid dienone is 1. The third-order valence-electron chi connectivity index (χ3n) is 6.38. The quantitative estimate of drug-likeness (QED) is 0.327.